The minimum atomic E-state index is -1.12. The van der Waals surface area contributed by atoms with Gasteiger partial charge in [0.2, 0.25) is 10.8 Å². The van der Waals surface area contributed by atoms with Crippen LogP contribution in [-0.2, 0) is 23.9 Å². The highest BCUT2D eigenvalue weighted by molar-refractivity contribution is 8.02. The van der Waals surface area contributed by atoms with E-state index in [9.17, 15) is 9.59 Å². The van der Waals surface area contributed by atoms with Gasteiger partial charge in [-0.25, -0.2) is 0 Å². The van der Waals surface area contributed by atoms with Gasteiger partial charge in [0.25, 0.3) is 5.91 Å². The lowest BCUT2D eigenvalue weighted by atomic mass is 10.0. The van der Waals surface area contributed by atoms with Crippen molar-refractivity contribution >= 4 is 46.6 Å². The molecule has 178 valence electrons. The van der Waals surface area contributed by atoms with Crippen molar-refractivity contribution in [2.75, 3.05) is 48.5 Å². The van der Waals surface area contributed by atoms with Crippen molar-refractivity contribution in [2.24, 2.45) is 0 Å². The minimum Gasteiger partial charge on any atom is -0.347 e. The quantitative estimate of drug-likeness (QED) is 0.641. The Labute approximate surface area is 207 Å². The molecule has 9 heteroatoms. The van der Waals surface area contributed by atoms with Gasteiger partial charge in [-0.3, -0.25) is 24.3 Å². The van der Waals surface area contributed by atoms with Gasteiger partial charge in [0.1, 0.15) is 0 Å². The second kappa shape index (κ2) is 8.24. The van der Waals surface area contributed by atoms with Crippen LogP contribution in [0.5, 0.6) is 0 Å². The van der Waals surface area contributed by atoms with Crippen molar-refractivity contribution in [3.63, 3.8) is 0 Å². The molecule has 2 aromatic rings. The van der Waals surface area contributed by atoms with Gasteiger partial charge in [-0.05, 0) is 30.7 Å². The van der Waals surface area contributed by atoms with Crippen LogP contribution < -0.4 is 9.80 Å². The minimum absolute atomic E-state index is 0.0881. The maximum atomic E-state index is 14.2. The van der Waals surface area contributed by atoms with Crippen LogP contribution in [0.1, 0.15) is 24.0 Å². The average Bonchev–Trinajstić information content (AvgIpc) is 3.51. The third kappa shape index (κ3) is 3.31. The smallest absolute Gasteiger partial charge is 0.269 e. The normalized spacial score (nSPS) is 26.3. The molecule has 4 aliphatic heterocycles. The molecule has 4 heterocycles. The number of carbonyl (C=O) groups is 2. The zero-order valence-electron chi connectivity index (χ0n) is 19.0. The zero-order valence-corrected chi connectivity index (χ0v) is 20.5. The summed E-state index contributed by atoms with van der Waals surface area (Å²) in [7, 11) is 0. The second-order valence-electron chi connectivity index (χ2n) is 9.21. The molecular weight excluding hydrogens is 474 g/mol. The van der Waals surface area contributed by atoms with E-state index < -0.39 is 10.7 Å². The molecule has 2 spiro atoms. The molecule has 2 aromatic carbocycles. The summed E-state index contributed by atoms with van der Waals surface area (Å²) in [6.45, 7) is 5.23. The fraction of sp³-hybridized carbons (Fsp3) is 0.440. The predicted molar refractivity (Wildman–Crippen MR) is 132 cm³/mol. The van der Waals surface area contributed by atoms with Gasteiger partial charge >= 0.3 is 0 Å². The molecule has 1 atom stereocenters. The summed E-state index contributed by atoms with van der Waals surface area (Å²) in [6.07, 6.45) is 1.56. The first-order valence-corrected chi connectivity index (χ1v) is 12.9. The first-order chi connectivity index (χ1) is 16.4. The standard InChI is InChI=1S/C25H26ClN3O4S/c1-17-6-7-18(14-20(17)26)29-22(30)15-34-25(29)19-4-2-3-5-21(19)28(23(25)31)16-27-10-8-24(9-11-27)32-12-13-33-24/h2-7,14H,8-13,15-16H2,1H3/t25-/m0/s1. The first kappa shape index (κ1) is 22.4. The number of hydrogen-bond donors (Lipinski definition) is 0. The number of anilines is 2. The van der Waals surface area contributed by atoms with Crippen molar-refractivity contribution in [2.45, 2.75) is 30.4 Å². The number of aryl methyl sites for hydroxylation is 1. The number of carbonyl (C=O) groups excluding carboxylic acids is 2. The molecule has 0 N–H and O–H groups in total. The molecule has 4 aliphatic rings. The van der Waals surface area contributed by atoms with Crippen molar-refractivity contribution < 1.29 is 19.1 Å². The van der Waals surface area contributed by atoms with E-state index in [-0.39, 0.29) is 17.6 Å². The molecule has 0 radical (unpaired) electrons. The van der Waals surface area contributed by atoms with Crippen LogP contribution in [-0.4, -0.2) is 61.2 Å². The van der Waals surface area contributed by atoms with Gasteiger partial charge in [-0.2, -0.15) is 0 Å². The van der Waals surface area contributed by atoms with Gasteiger partial charge in [0.15, 0.2) is 5.79 Å². The van der Waals surface area contributed by atoms with Crippen LogP contribution >= 0.6 is 23.4 Å². The predicted octanol–water partition coefficient (Wildman–Crippen LogP) is 3.72. The molecule has 0 bridgehead atoms. The highest BCUT2D eigenvalue weighted by Gasteiger charge is 2.61. The molecule has 2 amide bonds. The van der Waals surface area contributed by atoms with E-state index in [2.05, 4.69) is 4.90 Å². The Balaban J connectivity index is 1.34. The maximum Gasteiger partial charge on any atom is 0.269 e. The summed E-state index contributed by atoms with van der Waals surface area (Å²) in [5.41, 5.74) is 3.28. The van der Waals surface area contributed by atoms with Crippen LogP contribution in [0.2, 0.25) is 5.02 Å². The number of hydrogen-bond acceptors (Lipinski definition) is 6. The summed E-state index contributed by atoms with van der Waals surface area (Å²) in [6, 6.07) is 13.4. The topological polar surface area (TPSA) is 62.3 Å². The molecule has 0 aromatic heterocycles. The van der Waals surface area contributed by atoms with E-state index in [0.29, 0.717) is 30.6 Å². The highest BCUT2D eigenvalue weighted by atomic mass is 35.5. The maximum absolute atomic E-state index is 14.2. The molecule has 6 rings (SSSR count). The van der Waals surface area contributed by atoms with E-state index >= 15 is 0 Å². The lowest BCUT2D eigenvalue weighted by Crippen LogP contribution is -2.53. The number of rotatable bonds is 3. The summed E-state index contributed by atoms with van der Waals surface area (Å²) < 4.78 is 11.7. The van der Waals surface area contributed by atoms with E-state index in [4.69, 9.17) is 21.1 Å². The Kier molecular flexibility index (Phi) is 5.42. The van der Waals surface area contributed by atoms with Crippen LogP contribution in [0.25, 0.3) is 0 Å². The summed E-state index contributed by atoms with van der Waals surface area (Å²) in [5.74, 6) is -0.402. The van der Waals surface area contributed by atoms with Crippen molar-refractivity contribution in [3.8, 4) is 0 Å². The van der Waals surface area contributed by atoms with Gasteiger partial charge < -0.3 is 9.47 Å². The second-order valence-corrected chi connectivity index (χ2v) is 10.8. The molecule has 7 nitrogen and oxygen atoms in total. The largest absolute Gasteiger partial charge is 0.347 e. The van der Waals surface area contributed by atoms with E-state index in [1.54, 1.807) is 11.0 Å². The fourth-order valence-electron chi connectivity index (χ4n) is 5.44. The van der Waals surface area contributed by atoms with Gasteiger partial charge in [0, 0.05) is 42.2 Å². The third-order valence-electron chi connectivity index (χ3n) is 7.25. The van der Waals surface area contributed by atoms with E-state index in [0.717, 1.165) is 42.7 Å². The zero-order chi connectivity index (χ0) is 23.5. The van der Waals surface area contributed by atoms with Crippen molar-refractivity contribution in [1.29, 1.82) is 0 Å². The SMILES string of the molecule is Cc1ccc(N2C(=O)CS[C@@]23C(=O)N(CN2CCC4(CC2)OCCO4)c2ccccc23)cc1Cl. The Morgan fingerprint density at radius 1 is 1.06 bits per heavy atom. The lowest BCUT2D eigenvalue weighted by Gasteiger charge is -2.39. The molecule has 0 unspecified atom stereocenters. The van der Waals surface area contributed by atoms with Gasteiger partial charge in [-0.1, -0.05) is 35.9 Å². The fourth-order valence-corrected chi connectivity index (χ4v) is 6.97. The number of nitrogens with zero attached hydrogens (tertiary/aromatic N) is 3. The number of piperidine rings is 1. The van der Waals surface area contributed by atoms with Crippen LogP contribution in [0.15, 0.2) is 42.5 Å². The van der Waals surface area contributed by atoms with Crippen molar-refractivity contribution in [3.05, 3.63) is 58.6 Å². The number of fused-ring (bicyclic) bond motifs is 2. The number of likely N-dealkylation sites (tertiary alicyclic amines) is 1. The molecular formula is C25H26ClN3O4S. The molecule has 3 fully saturated rings. The van der Waals surface area contributed by atoms with Gasteiger partial charge in [-0.15, -0.1) is 11.8 Å². The number of ether oxygens (including phenoxy) is 2. The van der Waals surface area contributed by atoms with E-state index in [1.807, 2.05) is 48.2 Å². The van der Waals surface area contributed by atoms with Crippen LogP contribution in [0.4, 0.5) is 11.4 Å². The van der Waals surface area contributed by atoms with Crippen LogP contribution in [0, 0.1) is 6.92 Å². The summed E-state index contributed by atoms with van der Waals surface area (Å²) >= 11 is 7.80. The molecule has 0 saturated carbocycles. The number of benzene rings is 2. The molecule has 34 heavy (non-hydrogen) atoms. The Morgan fingerprint density at radius 2 is 1.79 bits per heavy atom. The summed E-state index contributed by atoms with van der Waals surface area (Å²) in [4.78, 5) is 32.0. The monoisotopic (exact) mass is 499 g/mol. The van der Waals surface area contributed by atoms with Crippen molar-refractivity contribution in [1.82, 2.24) is 4.90 Å². The number of amides is 2. The Morgan fingerprint density at radius 3 is 2.53 bits per heavy atom. The van der Waals surface area contributed by atoms with Crippen LogP contribution in [0.3, 0.4) is 0 Å². The first-order valence-electron chi connectivity index (χ1n) is 11.6. The molecule has 3 saturated heterocycles. The summed E-state index contributed by atoms with van der Waals surface area (Å²) in [5, 5.41) is 0.575. The average molecular weight is 500 g/mol. The Bertz CT molecular complexity index is 1160. The Hall–Kier alpha value is -2.10. The number of halogens is 1. The third-order valence-corrected chi connectivity index (χ3v) is 9.04. The number of thioether (sulfide) groups is 1. The highest BCUT2D eigenvalue weighted by Crippen LogP contribution is 2.56. The lowest BCUT2D eigenvalue weighted by molar-refractivity contribution is -0.185. The van der Waals surface area contributed by atoms with Gasteiger partial charge in [0.05, 0.1) is 31.3 Å². The van der Waals surface area contributed by atoms with E-state index in [1.165, 1.54) is 11.8 Å². The molecule has 0 aliphatic carbocycles. The number of para-hydroxylation sites is 1.